The first kappa shape index (κ1) is 14.3. The van der Waals surface area contributed by atoms with Crippen molar-refractivity contribution in [3.63, 3.8) is 0 Å². The molecule has 0 amide bonds. The van der Waals surface area contributed by atoms with Gasteiger partial charge in [-0.25, -0.2) is 9.97 Å². The van der Waals surface area contributed by atoms with Crippen LogP contribution in [0.25, 0.3) is 11.0 Å². The molecule has 0 atom stereocenters. The average Bonchev–Trinajstić information content (AvgIpc) is 2.82. The van der Waals surface area contributed by atoms with Gasteiger partial charge in [-0.3, -0.25) is 9.58 Å². The summed E-state index contributed by atoms with van der Waals surface area (Å²) in [7, 11) is 3.81. The first-order valence-electron chi connectivity index (χ1n) is 7.80. The van der Waals surface area contributed by atoms with Crippen molar-refractivity contribution >= 4 is 16.9 Å². The minimum atomic E-state index is 0.808. The third-order valence-electron chi connectivity index (χ3n) is 4.43. The first-order valence-corrected chi connectivity index (χ1v) is 7.80. The maximum absolute atomic E-state index is 4.69. The van der Waals surface area contributed by atoms with E-state index in [4.69, 9.17) is 0 Å². The van der Waals surface area contributed by atoms with E-state index in [0.29, 0.717) is 0 Å². The SMILES string of the molecule is CCN(Cc1nc(NC)c2cnn(C)c2n1)CC1CCC1. The maximum atomic E-state index is 4.69. The molecule has 2 aromatic rings. The standard InChI is InChI=1S/C15H24N6/c1-4-21(9-11-6-5-7-11)10-13-18-14(16-2)12-8-17-20(3)15(12)19-13/h8,11H,4-7,9-10H2,1-3H3,(H,16,18,19). The molecule has 0 aromatic carbocycles. The molecule has 0 spiro atoms. The summed E-state index contributed by atoms with van der Waals surface area (Å²) >= 11 is 0. The van der Waals surface area contributed by atoms with Crippen molar-refractivity contribution < 1.29 is 0 Å². The molecule has 3 rings (SSSR count). The van der Waals surface area contributed by atoms with Gasteiger partial charge in [0.05, 0.1) is 18.1 Å². The zero-order valence-corrected chi connectivity index (χ0v) is 13.1. The van der Waals surface area contributed by atoms with E-state index in [1.54, 1.807) is 0 Å². The highest BCUT2D eigenvalue weighted by atomic mass is 15.3. The second-order valence-electron chi connectivity index (χ2n) is 5.87. The number of anilines is 1. The van der Waals surface area contributed by atoms with Gasteiger partial charge < -0.3 is 5.32 Å². The Hall–Kier alpha value is -1.69. The van der Waals surface area contributed by atoms with E-state index in [-0.39, 0.29) is 0 Å². The molecular weight excluding hydrogens is 264 g/mol. The summed E-state index contributed by atoms with van der Waals surface area (Å²) in [5, 5.41) is 8.41. The van der Waals surface area contributed by atoms with Crippen molar-refractivity contribution in [2.24, 2.45) is 13.0 Å². The number of hydrogen-bond donors (Lipinski definition) is 1. The number of nitrogens with one attached hydrogen (secondary N) is 1. The van der Waals surface area contributed by atoms with E-state index in [2.05, 4.69) is 32.2 Å². The monoisotopic (exact) mass is 288 g/mol. The van der Waals surface area contributed by atoms with Crippen LogP contribution in [0.3, 0.4) is 0 Å². The van der Waals surface area contributed by atoms with E-state index in [0.717, 1.165) is 48.2 Å². The average molecular weight is 288 g/mol. The van der Waals surface area contributed by atoms with Gasteiger partial charge in [0.15, 0.2) is 5.65 Å². The number of nitrogens with zero attached hydrogens (tertiary/aromatic N) is 5. The van der Waals surface area contributed by atoms with E-state index in [1.807, 2.05) is 25.0 Å². The minimum Gasteiger partial charge on any atom is -0.372 e. The van der Waals surface area contributed by atoms with Crippen molar-refractivity contribution in [1.29, 1.82) is 0 Å². The Kier molecular flexibility index (Phi) is 4.05. The predicted octanol–water partition coefficient (Wildman–Crippen LogP) is 2.03. The number of aromatic nitrogens is 4. The summed E-state index contributed by atoms with van der Waals surface area (Å²) in [4.78, 5) is 11.8. The molecule has 6 nitrogen and oxygen atoms in total. The zero-order valence-electron chi connectivity index (χ0n) is 13.1. The van der Waals surface area contributed by atoms with E-state index >= 15 is 0 Å². The Morgan fingerprint density at radius 2 is 2.19 bits per heavy atom. The molecule has 114 valence electrons. The van der Waals surface area contributed by atoms with Gasteiger partial charge in [-0.15, -0.1) is 0 Å². The molecule has 0 radical (unpaired) electrons. The zero-order chi connectivity index (χ0) is 14.8. The normalized spacial score (nSPS) is 15.6. The molecule has 2 heterocycles. The van der Waals surface area contributed by atoms with Gasteiger partial charge >= 0.3 is 0 Å². The van der Waals surface area contributed by atoms with Crippen molar-refractivity contribution in [2.45, 2.75) is 32.7 Å². The van der Waals surface area contributed by atoms with Crippen LogP contribution in [-0.2, 0) is 13.6 Å². The van der Waals surface area contributed by atoms with Crippen LogP contribution in [0.2, 0.25) is 0 Å². The highest BCUT2D eigenvalue weighted by Gasteiger charge is 2.21. The maximum Gasteiger partial charge on any atom is 0.163 e. The Balaban J connectivity index is 1.83. The van der Waals surface area contributed by atoms with Crippen LogP contribution in [0.4, 0.5) is 5.82 Å². The topological polar surface area (TPSA) is 58.9 Å². The quantitative estimate of drug-likeness (QED) is 0.881. The van der Waals surface area contributed by atoms with Crippen LogP contribution in [-0.4, -0.2) is 44.8 Å². The number of rotatable bonds is 6. The molecule has 0 saturated heterocycles. The van der Waals surface area contributed by atoms with Crippen LogP contribution in [0, 0.1) is 5.92 Å². The lowest BCUT2D eigenvalue weighted by molar-refractivity contribution is 0.175. The molecule has 1 saturated carbocycles. The fraction of sp³-hybridized carbons (Fsp3) is 0.667. The highest BCUT2D eigenvalue weighted by Crippen LogP contribution is 2.27. The molecule has 1 fully saturated rings. The molecule has 1 N–H and O–H groups in total. The molecule has 1 aliphatic rings. The molecule has 1 aliphatic carbocycles. The smallest absolute Gasteiger partial charge is 0.163 e. The first-order chi connectivity index (χ1) is 10.2. The van der Waals surface area contributed by atoms with Crippen molar-refractivity contribution in [2.75, 3.05) is 25.5 Å². The summed E-state index contributed by atoms with van der Waals surface area (Å²) in [5.41, 5.74) is 0.893. The summed E-state index contributed by atoms with van der Waals surface area (Å²) in [5.74, 6) is 2.61. The second-order valence-corrected chi connectivity index (χ2v) is 5.87. The van der Waals surface area contributed by atoms with E-state index in [1.165, 1.54) is 19.3 Å². The summed E-state index contributed by atoms with van der Waals surface area (Å²) in [6.45, 7) is 5.22. The molecule has 6 heteroatoms. The van der Waals surface area contributed by atoms with Crippen LogP contribution in [0.15, 0.2) is 6.20 Å². The van der Waals surface area contributed by atoms with Crippen LogP contribution < -0.4 is 5.32 Å². The van der Waals surface area contributed by atoms with Gasteiger partial charge in [0.2, 0.25) is 0 Å². The van der Waals surface area contributed by atoms with Gasteiger partial charge in [0.25, 0.3) is 0 Å². The van der Waals surface area contributed by atoms with Crippen molar-refractivity contribution in [3.8, 4) is 0 Å². The fourth-order valence-corrected chi connectivity index (χ4v) is 2.87. The Bertz CT molecular complexity index is 616. The Morgan fingerprint density at radius 3 is 2.81 bits per heavy atom. The number of aryl methyl sites for hydroxylation is 1. The minimum absolute atomic E-state index is 0.808. The second kappa shape index (κ2) is 5.97. The fourth-order valence-electron chi connectivity index (χ4n) is 2.87. The van der Waals surface area contributed by atoms with Gasteiger partial charge in [-0.1, -0.05) is 13.3 Å². The lowest BCUT2D eigenvalue weighted by atomic mass is 9.85. The largest absolute Gasteiger partial charge is 0.372 e. The molecule has 21 heavy (non-hydrogen) atoms. The number of hydrogen-bond acceptors (Lipinski definition) is 5. The van der Waals surface area contributed by atoms with Crippen molar-refractivity contribution in [1.82, 2.24) is 24.6 Å². The van der Waals surface area contributed by atoms with Crippen LogP contribution in [0.1, 0.15) is 32.0 Å². The Morgan fingerprint density at radius 1 is 1.38 bits per heavy atom. The van der Waals surface area contributed by atoms with Gasteiger partial charge in [-0.05, 0) is 25.3 Å². The van der Waals surface area contributed by atoms with Crippen LogP contribution >= 0.6 is 0 Å². The van der Waals surface area contributed by atoms with Gasteiger partial charge in [0.1, 0.15) is 11.6 Å². The lowest BCUT2D eigenvalue weighted by Gasteiger charge is -2.31. The third-order valence-corrected chi connectivity index (χ3v) is 4.43. The Labute approximate surface area is 125 Å². The van der Waals surface area contributed by atoms with E-state index in [9.17, 15) is 0 Å². The molecule has 0 unspecified atom stereocenters. The molecular formula is C15H24N6. The summed E-state index contributed by atoms with van der Waals surface area (Å²) in [6, 6.07) is 0. The van der Waals surface area contributed by atoms with Gasteiger partial charge in [-0.2, -0.15) is 5.10 Å². The lowest BCUT2D eigenvalue weighted by Crippen LogP contribution is -2.32. The molecule has 0 aliphatic heterocycles. The van der Waals surface area contributed by atoms with Crippen LogP contribution in [0.5, 0.6) is 0 Å². The summed E-state index contributed by atoms with van der Waals surface area (Å²) in [6.07, 6.45) is 5.96. The number of fused-ring (bicyclic) bond motifs is 1. The van der Waals surface area contributed by atoms with E-state index < -0.39 is 0 Å². The molecule has 0 bridgehead atoms. The summed E-state index contributed by atoms with van der Waals surface area (Å²) < 4.78 is 1.81. The highest BCUT2D eigenvalue weighted by molar-refractivity contribution is 5.86. The van der Waals surface area contributed by atoms with Gasteiger partial charge in [0, 0.05) is 20.6 Å². The molecule has 2 aromatic heterocycles. The third kappa shape index (κ3) is 2.85. The van der Waals surface area contributed by atoms with Crippen molar-refractivity contribution in [3.05, 3.63) is 12.0 Å². The predicted molar refractivity (Wildman–Crippen MR) is 84.1 cm³/mol.